The first-order valence-electron chi connectivity index (χ1n) is 5.85. The number of benzene rings is 1. The van der Waals surface area contributed by atoms with E-state index in [2.05, 4.69) is 5.32 Å². The van der Waals surface area contributed by atoms with Crippen molar-refractivity contribution in [3.63, 3.8) is 0 Å². The summed E-state index contributed by atoms with van der Waals surface area (Å²) in [6, 6.07) is 8.73. The summed E-state index contributed by atoms with van der Waals surface area (Å²) in [5.41, 5.74) is 0.497. The molecule has 0 saturated heterocycles. The van der Waals surface area contributed by atoms with E-state index >= 15 is 0 Å². The molecule has 4 nitrogen and oxygen atoms in total. The van der Waals surface area contributed by atoms with Crippen LogP contribution in [0.25, 0.3) is 0 Å². The van der Waals surface area contributed by atoms with Crippen molar-refractivity contribution in [2.45, 2.75) is 19.4 Å². The number of thiophene rings is 1. The molecule has 100 valence electrons. The Balaban J connectivity index is 2.29. The van der Waals surface area contributed by atoms with Gasteiger partial charge >= 0.3 is 0 Å². The Morgan fingerprint density at radius 2 is 2.26 bits per heavy atom. The molecular formula is C13H13ClN2O2S. The van der Waals surface area contributed by atoms with E-state index in [1.54, 1.807) is 23.5 Å². The summed E-state index contributed by atoms with van der Waals surface area (Å²) in [6.07, 6.45) is 0.848. The van der Waals surface area contributed by atoms with Crippen LogP contribution in [0.15, 0.2) is 35.7 Å². The van der Waals surface area contributed by atoms with Crippen molar-refractivity contribution >= 4 is 34.3 Å². The summed E-state index contributed by atoms with van der Waals surface area (Å²) in [5.74, 6) is 0. The maximum Gasteiger partial charge on any atom is 0.293 e. The Morgan fingerprint density at radius 3 is 2.84 bits per heavy atom. The molecule has 0 aliphatic carbocycles. The zero-order chi connectivity index (χ0) is 13.8. The quantitative estimate of drug-likeness (QED) is 0.632. The van der Waals surface area contributed by atoms with Crippen LogP contribution in [0.5, 0.6) is 0 Å². The second kappa shape index (κ2) is 6.04. The van der Waals surface area contributed by atoms with Gasteiger partial charge in [-0.25, -0.2) is 0 Å². The normalized spacial score (nSPS) is 12.1. The Hall–Kier alpha value is -1.59. The number of halogens is 1. The molecule has 0 bridgehead atoms. The van der Waals surface area contributed by atoms with Gasteiger partial charge in [-0.15, -0.1) is 11.3 Å². The fourth-order valence-electron chi connectivity index (χ4n) is 1.83. The number of hydrogen-bond acceptors (Lipinski definition) is 4. The zero-order valence-electron chi connectivity index (χ0n) is 10.3. The summed E-state index contributed by atoms with van der Waals surface area (Å²) < 4.78 is 0. The smallest absolute Gasteiger partial charge is 0.293 e. The van der Waals surface area contributed by atoms with E-state index in [0.717, 1.165) is 11.3 Å². The van der Waals surface area contributed by atoms with Crippen LogP contribution in [0.1, 0.15) is 24.3 Å². The Labute approximate surface area is 120 Å². The third-order valence-electron chi connectivity index (χ3n) is 2.78. The Bertz CT molecular complexity index is 572. The van der Waals surface area contributed by atoms with Crippen LogP contribution < -0.4 is 5.32 Å². The highest BCUT2D eigenvalue weighted by Gasteiger charge is 2.18. The minimum Gasteiger partial charge on any atom is -0.372 e. The van der Waals surface area contributed by atoms with Gasteiger partial charge in [0.1, 0.15) is 5.69 Å². The average Bonchev–Trinajstić information content (AvgIpc) is 2.90. The summed E-state index contributed by atoms with van der Waals surface area (Å²) in [6.45, 7) is 2.04. The van der Waals surface area contributed by atoms with Crippen molar-refractivity contribution in [1.82, 2.24) is 0 Å². The van der Waals surface area contributed by atoms with Crippen molar-refractivity contribution in [2.75, 3.05) is 5.32 Å². The largest absolute Gasteiger partial charge is 0.372 e. The fourth-order valence-corrected chi connectivity index (χ4v) is 2.86. The molecule has 1 N–H and O–H groups in total. The highest BCUT2D eigenvalue weighted by Crippen LogP contribution is 2.33. The number of nitrogens with one attached hydrogen (secondary N) is 1. The molecule has 1 aromatic carbocycles. The van der Waals surface area contributed by atoms with Crippen molar-refractivity contribution in [1.29, 1.82) is 0 Å². The lowest BCUT2D eigenvalue weighted by Crippen LogP contribution is -2.09. The summed E-state index contributed by atoms with van der Waals surface area (Å²) in [5, 5.41) is 16.6. The predicted molar refractivity (Wildman–Crippen MR) is 79.1 cm³/mol. The molecule has 0 radical (unpaired) electrons. The molecule has 1 atom stereocenters. The number of nitrogens with zero attached hydrogens (tertiary/aromatic N) is 1. The Morgan fingerprint density at radius 1 is 1.47 bits per heavy atom. The number of hydrogen-bond donors (Lipinski definition) is 1. The fraction of sp³-hybridized carbons (Fsp3) is 0.231. The third-order valence-corrected chi connectivity index (χ3v) is 4.00. The van der Waals surface area contributed by atoms with Gasteiger partial charge in [0, 0.05) is 16.0 Å². The van der Waals surface area contributed by atoms with Crippen LogP contribution in [0.2, 0.25) is 5.02 Å². The van der Waals surface area contributed by atoms with E-state index in [1.807, 2.05) is 24.4 Å². The van der Waals surface area contributed by atoms with Gasteiger partial charge in [-0.05, 0) is 30.0 Å². The van der Waals surface area contributed by atoms with E-state index < -0.39 is 4.92 Å². The molecule has 0 amide bonds. The lowest BCUT2D eigenvalue weighted by atomic mass is 10.1. The van der Waals surface area contributed by atoms with E-state index in [4.69, 9.17) is 11.6 Å². The van der Waals surface area contributed by atoms with Crippen molar-refractivity contribution in [3.8, 4) is 0 Å². The number of nitro benzene ring substituents is 1. The highest BCUT2D eigenvalue weighted by molar-refractivity contribution is 7.10. The maximum atomic E-state index is 11.0. The number of rotatable bonds is 5. The van der Waals surface area contributed by atoms with E-state index in [1.165, 1.54) is 6.07 Å². The van der Waals surface area contributed by atoms with Crippen LogP contribution in [0.3, 0.4) is 0 Å². The van der Waals surface area contributed by atoms with E-state index in [0.29, 0.717) is 10.7 Å². The molecule has 1 unspecified atom stereocenters. The standard InChI is InChI=1S/C13H13ClN2O2S/c1-2-10(13-4-3-7-19-13)15-11-6-5-9(14)8-12(11)16(17)18/h3-8,10,15H,2H2,1H3. The minimum absolute atomic E-state index is 0.00232. The molecule has 0 aliphatic rings. The predicted octanol–water partition coefficient (Wildman–Crippen LogP) is 4.87. The lowest BCUT2D eigenvalue weighted by molar-refractivity contribution is -0.384. The summed E-state index contributed by atoms with van der Waals surface area (Å²) in [7, 11) is 0. The monoisotopic (exact) mass is 296 g/mol. The topological polar surface area (TPSA) is 55.2 Å². The summed E-state index contributed by atoms with van der Waals surface area (Å²) in [4.78, 5) is 11.8. The molecule has 0 fully saturated rings. The van der Waals surface area contributed by atoms with Crippen LogP contribution in [-0.2, 0) is 0 Å². The van der Waals surface area contributed by atoms with Gasteiger partial charge in [-0.2, -0.15) is 0 Å². The van der Waals surface area contributed by atoms with Crippen molar-refractivity contribution in [2.24, 2.45) is 0 Å². The second-order valence-electron chi connectivity index (χ2n) is 4.04. The van der Waals surface area contributed by atoms with Gasteiger partial charge in [0.25, 0.3) is 5.69 Å². The van der Waals surface area contributed by atoms with Gasteiger partial charge in [0.15, 0.2) is 0 Å². The maximum absolute atomic E-state index is 11.0. The third kappa shape index (κ3) is 3.24. The first-order valence-corrected chi connectivity index (χ1v) is 7.11. The molecule has 6 heteroatoms. The molecule has 2 rings (SSSR count). The van der Waals surface area contributed by atoms with E-state index in [-0.39, 0.29) is 11.7 Å². The van der Waals surface area contributed by atoms with Crippen molar-refractivity contribution in [3.05, 3.63) is 55.7 Å². The van der Waals surface area contributed by atoms with Gasteiger partial charge < -0.3 is 5.32 Å². The Kier molecular flexibility index (Phi) is 4.39. The minimum atomic E-state index is -0.421. The van der Waals surface area contributed by atoms with Crippen LogP contribution in [0.4, 0.5) is 11.4 Å². The van der Waals surface area contributed by atoms with E-state index in [9.17, 15) is 10.1 Å². The average molecular weight is 297 g/mol. The SMILES string of the molecule is CCC(Nc1ccc(Cl)cc1[N+](=O)[O-])c1cccs1. The molecule has 2 aromatic rings. The van der Waals surface area contributed by atoms with Crippen LogP contribution >= 0.6 is 22.9 Å². The van der Waals surface area contributed by atoms with Crippen LogP contribution in [0, 0.1) is 10.1 Å². The molecule has 0 aliphatic heterocycles. The highest BCUT2D eigenvalue weighted by atomic mass is 35.5. The summed E-state index contributed by atoms with van der Waals surface area (Å²) >= 11 is 7.43. The molecule has 0 spiro atoms. The van der Waals surface area contributed by atoms with Crippen LogP contribution in [-0.4, -0.2) is 4.92 Å². The molecular weight excluding hydrogens is 284 g/mol. The second-order valence-corrected chi connectivity index (χ2v) is 5.45. The number of nitro groups is 1. The first-order chi connectivity index (χ1) is 9.11. The molecule has 19 heavy (non-hydrogen) atoms. The molecule has 1 heterocycles. The van der Waals surface area contributed by atoms with Gasteiger partial charge in [-0.3, -0.25) is 10.1 Å². The molecule has 0 saturated carbocycles. The van der Waals surface area contributed by atoms with Gasteiger partial charge in [0.2, 0.25) is 0 Å². The first kappa shape index (κ1) is 13.8. The van der Waals surface area contributed by atoms with Crippen molar-refractivity contribution < 1.29 is 4.92 Å². The number of anilines is 1. The lowest BCUT2D eigenvalue weighted by Gasteiger charge is -2.16. The van der Waals surface area contributed by atoms with Gasteiger partial charge in [0.05, 0.1) is 11.0 Å². The molecule has 1 aromatic heterocycles. The van der Waals surface area contributed by atoms with Gasteiger partial charge in [-0.1, -0.05) is 24.6 Å². The zero-order valence-corrected chi connectivity index (χ0v) is 11.9.